The monoisotopic (exact) mass is 341 g/mol. The van der Waals surface area contributed by atoms with Crippen molar-refractivity contribution in [2.75, 3.05) is 6.61 Å². The van der Waals surface area contributed by atoms with Gasteiger partial charge in [0.15, 0.2) is 0 Å². The number of hydrogen-bond donors (Lipinski definition) is 2. The van der Waals surface area contributed by atoms with Gasteiger partial charge in [-0.2, -0.15) is 0 Å². The second kappa shape index (κ2) is 6.33. The number of carbonyl (C=O) groups excluding carboxylic acids is 1. The van der Waals surface area contributed by atoms with E-state index in [4.69, 9.17) is 4.74 Å². The number of benzene rings is 1. The highest BCUT2D eigenvalue weighted by molar-refractivity contribution is 5.77. The fraction of sp³-hybridized carbons (Fsp3) is 0.389. The second-order valence-electron chi connectivity index (χ2n) is 6.52. The van der Waals surface area contributed by atoms with Crippen molar-refractivity contribution in [3.05, 3.63) is 67.0 Å². The van der Waals surface area contributed by atoms with Gasteiger partial charge in [-0.25, -0.2) is 4.79 Å². The van der Waals surface area contributed by atoms with Crippen LogP contribution in [0.2, 0.25) is 0 Å². The normalized spacial score (nSPS) is 15.8. The zero-order valence-corrected chi connectivity index (χ0v) is 13.8. The Bertz CT molecular complexity index is 944. The van der Waals surface area contributed by atoms with Gasteiger partial charge in [-0.05, 0) is 29.5 Å². The fourth-order valence-corrected chi connectivity index (χ4v) is 3.46. The lowest BCUT2D eigenvalue weighted by Gasteiger charge is -2.18. The topological polar surface area (TPSA) is 95.3 Å². The van der Waals surface area contributed by atoms with Crippen LogP contribution in [0.3, 0.4) is 0 Å². The summed E-state index contributed by atoms with van der Waals surface area (Å²) in [6.07, 6.45) is 1.95. The summed E-state index contributed by atoms with van der Waals surface area (Å²) >= 11 is 0. The molecular formula is C18H19N3O4. The molecular weight excluding hydrogens is 322 g/mol. The van der Waals surface area contributed by atoms with Crippen molar-refractivity contribution >= 4 is 5.91 Å². The van der Waals surface area contributed by atoms with Gasteiger partial charge in [-0.1, -0.05) is 18.2 Å². The van der Waals surface area contributed by atoms with E-state index in [1.54, 1.807) is 4.90 Å². The van der Waals surface area contributed by atoms with E-state index in [9.17, 15) is 14.4 Å². The molecule has 7 heteroatoms. The molecule has 1 amide bonds. The predicted molar refractivity (Wildman–Crippen MR) is 90.1 cm³/mol. The number of hydrogen-bond acceptors (Lipinski definition) is 4. The van der Waals surface area contributed by atoms with Crippen molar-refractivity contribution in [3.63, 3.8) is 0 Å². The van der Waals surface area contributed by atoms with Gasteiger partial charge < -0.3 is 14.6 Å². The first-order valence-corrected chi connectivity index (χ1v) is 8.41. The average Bonchev–Trinajstić information content (AvgIpc) is 3.04. The van der Waals surface area contributed by atoms with E-state index in [0.29, 0.717) is 30.7 Å². The Labute approximate surface area is 143 Å². The lowest BCUT2D eigenvalue weighted by molar-refractivity contribution is -0.131. The molecule has 130 valence electrons. The molecule has 2 aliphatic rings. The van der Waals surface area contributed by atoms with E-state index in [-0.39, 0.29) is 19.0 Å². The summed E-state index contributed by atoms with van der Waals surface area (Å²) in [5, 5.41) is 0. The number of fused-ring (bicyclic) bond motifs is 2. The van der Waals surface area contributed by atoms with Crippen LogP contribution in [-0.2, 0) is 42.1 Å². The van der Waals surface area contributed by atoms with Crippen LogP contribution in [0.5, 0.6) is 0 Å². The Morgan fingerprint density at radius 3 is 2.92 bits per heavy atom. The quantitative estimate of drug-likeness (QED) is 0.855. The van der Waals surface area contributed by atoms with Crippen molar-refractivity contribution in [2.24, 2.45) is 0 Å². The van der Waals surface area contributed by atoms with Gasteiger partial charge in [-0.3, -0.25) is 14.6 Å². The molecule has 2 N–H and O–H groups in total. The Morgan fingerprint density at radius 2 is 2.04 bits per heavy atom. The zero-order valence-electron chi connectivity index (χ0n) is 13.8. The van der Waals surface area contributed by atoms with Gasteiger partial charge >= 0.3 is 5.69 Å². The smallest absolute Gasteiger partial charge is 0.325 e. The third kappa shape index (κ3) is 3.15. The van der Waals surface area contributed by atoms with E-state index in [1.807, 2.05) is 0 Å². The lowest BCUT2D eigenvalue weighted by Crippen LogP contribution is -2.27. The van der Waals surface area contributed by atoms with Gasteiger partial charge in [0.25, 0.3) is 5.56 Å². The first-order chi connectivity index (χ1) is 12.1. The number of nitrogens with one attached hydrogen (secondary N) is 2. The van der Waals surface area contributed by atoms with Gasteiger partial charge in [0.05, 0.1) is 31.9 Å². The third-order valence-electron chi connectivity index (χ3n) is 4.85. The minimum Gasteiger partial charge on any atom is -0.376 e. The highest BCUT2D eigenvalue weighted by Crippen LogP contribution is 2.21. The number of aromatic amines is 2. The number of ether oxygens (including phenoxy) is 1. The van der Waals surface area contributed by atoms with Crippen molar-refractivity contribution in [3.8, 4) is 0 Å². The maximum atomic E-state index is 12.5. The largest absolute Gasteiger partial charge is 0.376 e. The Kier molecular flexibility index (Phi) is 4.01. The average molecular weight is 341 g/mol. The van der Waals surface area contributed by atoms with Crippen LogP contribution < -0.4 is 11.2 Å². The zero-order chi connectivity index (χ0) is 17.4. The number of carbonyl (C=O) groups is 1. The molecule has 4 rings (SSSR count). The summed E-state index contributed by atoms with van der Waals surface area (Å²) in [5.74, 6) is -0.0228. The molecule has 0 fully saturated rings. The van der Waals surface area contributed by atoms with Gasteiger partial charge in [0.2, 0.25) is 5.91 Å². The molecule has 2 aromatic rings. The number of rotatable bonds is 3. The summed E-state index contributed by atoms with van der Waals surface area (Å²) in [6, 6.07) is 6.30. The number of H-pyrrole nitrogens is 2. The van der Waals surface area contributed by atoms with Crippen molar-refractivity contribution < 1.29 is 9.53 Å². The first kappa shape index (κ1) is 15.8. The summed E-state index contributed by atoms with van der Waals surface area (Å²) in [7, 11) is 0. The molecule has 0 aliphatic carbocycles. The molecule has 0 spiro atoms. The molecule has 0 unspecified atom stereocenters. The first-order valence-electron chi connectivity index (χ1n) is 8.41. The fourth-order valence-electron chi connectivity index (χ4n) is 3.46. The molecule has 25 heavy (non-hydrogen) atoms. The SMILES string of the molecule is O=C(CCc1ccc2c(c1)COCC2)N1Cc2[nH]c(=O)[nH]c(=O)c2C1. The molecule has 1 aromatic carbocycles. The number of amides is 1. The van der Waals surface area contributed by atoms with Crippen LogP contribution >= 0.6 is 0 Å². The number of aryl methyl sites for hydroxylation is 1. The maximum Gasteiger partial charge on any atom is 0.325 e. The molecule has 1 aromatic heterocycles. The second-order valence-corrected chi connectivity index (χ2v) is 6.52. The standard InChI is InChI=1S/C18H19N3O4/c22-16(21-8-14-15(9-21)19-18(24)20-17(14)23)4-2-11-1-3-12-5-6-25-10-13(12)7-11/h1,3,7H,2,4-6,8-10H2,(H2,19,20,23,24). The van der Waals surface area contributed by atoms with Crippen molar-refractivity contribution in [1.82, 2.24) is 14.9 Å². The summed E-state index contributed by atoms with van der Waals surface area (Å²) in [6.45, 7) is 1.93. The van der Waals surface area contributed by atoms with Crippen LogP contribution in [0.1, 0.15) is 34.4 Å². The van der Waals surface area contributed by atoms with Crippen LogP contribution in [0.25, 0.3) is 0 Å². The van der Waals surface area contributed by atoms with Crippen LogP contribution in [0, 0.1) is 0 Å². The Balaban J connectivity index is 1.41. The molecule has 2 aliphatic heterocycles. The third-order valence-corrected chi connectivity index (χ3v) is 4.85. The van der Waals surface area contributed by atoms with E-state index in [0.717, 1.165) is 18.6 Å². The Morgan fingerprint density at radius 1 is 1.16 bits per heavy atom. The minimum atomic E-state index is -0.533. The highest BCUT2D eigenvalue weighted by atomic mass is 16.5. The Hall–Kier alpha value is -2.67. The van der Waals surface area contributed by atoms with E-state index < -0.39 is 11.2 Å². The summed E-state index contributed by atoms with van der Waals surface area (Å²) in [4.78, 5) is 42.0. The number of aromatic nitrogens is 2. The lowest BCUT2D eigenvalue weighted by atomic mass is 9.98. The van der Waals surface area contributed by atoms with E-state index in [1.165, 1.54) is 11.1 Å². The van der Waals surface area contributed by atoms with Crippen molar-refractivity contribution in [1.29, 1.82) is 0 Å². The van der Waals surface area contributed by atoms with Gasteiger partial charge in [0.1, 0.15) is 0 Å². The van der Waals surface area contributed by atoms with Crippen LogP contribution in [-0.4, -0.2) is 27.4 Å². The molecule has 0 bridgehead atoms. The highest BCUT2D eigenvalue weighted by Gasteiger charge is 2.26. The summed E-state index contributed by atoms with van der Waals surface area (Å²) < 4.78 is 5.48. The predicted octanol–water partition coefficient (Wildman–Crippen LogP) is 0.611. The molecule has 3 heterocycles. The van der Waals surface area contributed by atoms with Crippen LogP contribution in [0.4, 0.5) is 0 Å². The van der Waals surface area contributed by atoms with Gasteiger partial charge in [0, 0.05) is 12.1 Å². The molecule has 0 radical (unpaired) electrons. The molecule has 7 nitrogen and oxygen atoms in total. The van der Waals surface area contributed by atoms with Crippen LogP contribution in [0.15, 0.2) is 27.8 Å². The maximum absolute atomic E-state index is 12.5. The molecule has 0 saturated carbocycles. The van der Waals surface area contributed by atoms with Gasteiger partial charge in [-0.15, -0.1) is 0 Å². The molecule has 0 atom stereocenters. The minimum absolute atomic E-state index is 0.0228. The summed E-state index contributed by atoms with van der Waals surface area (Å²) in [5.41, 5.74) is 3.69. The molecule has 0 saturated heterocycles. The van der Waals surface area contributed by atoms with E-state index >= 15 is 0 Å². The van der Waals surface area contributed by atoms with Crippen molar-refractivity contribution in [2.45, 2.75) is 39.0 Å². The van der Waals surface area contributed by atoms with E-state index in [2.05, 4.69) is 28.2 Å². The number of nitrogens with zero attached hydrogens (tertiary/aromatic N) is 1.